The van der Waals surface area contributed by atoms with Crippen LogP contribution in [0.3, 0.4) is 0 Å². The van der Waals surface area contributed by atoms with Crippen molar-refractivity contribution in [2.75, 3.05) is 26.6 Å². The monoisotopic (exact) mass is 407 g/mol. The maximum atomic E-state index is 13.0. The quantitative estimate of drug-likeness (QED) is 0.664. The fourth-order valence-corrected chi connectivity index (χ4v) is 3.76. The summed E-state index contributed by atoms with van der Waals surface area (Å²) in [5.41, 5.74) is 2.86. The summed E-state index contributed by atoms with van der Waals surface area (Å²) in [5.74, 6) is 2.13. The largest absolute Gasteiger partial charge is 0.493 e. The van der Waals surface area contributed by atoms with Gasteiger partial charge in [-0.15, -0.1) is 0 Å². The molecule has 30 heavy (non-hydrogen) atoms. The molecule has 0 spiro atoms. The molecule has 1 aromatic heterocycles. The van der Waals surface area contributed by atoms with Gasteiger partial charge in [0, 0.05) is 30.3 Å². The molecule has 0 aliphatic carbocycles. The van der Waals surface area contributed by atoms with E-state index in [1.165, 1.54) is 27.8 Å². The number of nitrogens with one attached hydrogen (secondary N) is 1. The summed E-state index contributed by atoms with van der Waals surface area (Å²) in [6, 6.07) is 11.0. The fourth-order valence-electron chi connectivity index (χ4n) is 3.76. The van der Waals surface area contributed by atoms with E-state index in [1.54, 1.807) is 12.1 Å². The topological polar surface area (TPSA) is 74.6 Å². The van der Waals surface area contributed by atoms with Crippen molar-refractivity contribution in [3.05, 3.63) is 54.0 Å². The van der Waals surface area contributed by atoms with E-state index >= 15 is 0 Å². The van der Waals surface area contributed by atoms with E-state index in [4.69, 9.17) is 19.2 Å². The molecule has 2 aromatic carbocycles. The normalized spacial score (nSPS) is 12.8. The summed E-state index contributed by atoms with van der Waals surface area (Å²) < 4.78 is 18.3. The molecule has 3 aromatic rings. The van der Waals surface area contributed by atoms with Crippen LogP contribution in [0, 0.1) is 0 Å². The molecule has 1 amide bonds. The van der Waals surface area contributed by atoms with Crippen molar-refractivity contribution in [2.24, 2.45) is 0 Å². The van der Waals surface area contributed by atoms with Crippen molar-refractivity contribution >= 4 is 11.6 Å². The Bertz CT molecular complexity index is 1030. The highest BCUT2D eigenvalue weighted by Crippen LogP contribution is 2.38. The van der Waals surface area contributed by atoms with Crippen LogP contribution in [0.4, 0.5) is 5.69 Å². The lowest BCUT2D eigenvalue weighted by Gasteiger charge is -2.15. The minimum atomic E-state index is -0.273. The summed E-state index contributed by atoms with van der Waals surface area (Å²) in [6.45, 7) is 0.988. The highest BCUT2D eigenvalue weighted by molar-refractivity contribution is 6.06. The van der Waals surface area contributed by atoms with Gasteiger partial charge in [-0.05, 0) is 31.0 Å². The number of aromatic nitrogens is 2. The minimum Gasteiger partial charge on any atom is -0.493 e. The first-order chi connectivity index (χ1) is 14.6. The zero-order chi connectivity index (χ0) is 21.1. The van der Waals surface area contributed by atoms with Gasteiger partial charge in [0.15, 0.2) is 11.5 Å². The van der Waals surface area contributed by atoms with E-state index in [9.17, 15) is 4.79 Å². The Morgan fingerprint density at radius 3 is 2.43 bits per heavy atom. The lowest BCUT2D eigenvalue weighted by atomic mass is 10.1. The van der Waals surface area contributed by atoms with E-state index in [0.29, 0.717) is 28.5 Å². The molecular formula is C23H25N3O4. The lowest BCUT2D eigenvalue weighted by Crippen LogP contribution is -2.13. The minimum absolute atomic E-state index is 0.273. The van der Waals surface area contributed by atoms with Crippen LogP contribution in [-0.4, -0.2) is 36.8 Å². The van der Waals surface area contributed by atoms with Gasteiger partial charge in [-0.1, -0.05) is 18.2 Å². The summed E-state index contributed by atoms with van der Waals surface area (Å²) >= 11 is 0. The van der Waals surface area contributed by atoms with Gasteiger partial charge in [0.1, 0.15) is 5.82 Å². The predicted molar refractivity (Wildman–Crippen MR) is 115 cm³/mol. The second-order valence-corrected chi connectivity index (χ2v) is 7.11. The van der Waals surface area contributed by atoms with E-state index < -0.39 is 0 Å². The molecule has 1 N–H and O–H groups in total. The molecule has 2 heterocycles. The number of fused-ring (bicyclic) bond motifs is 1. The number of methoxy groups -OCH3 is 3. The van der Waals surface area contributed by atoms with Gasteiger partial charge in [-0.2, -0.15) is 0 Å². The van der Waals surface area contributed by atoms with Crippen molar-refractivity contribution < 1.29 is 19.0 Å². The molecule has 7 nitrogen and oxygen atoms in total. The summed E-state index contributed by atoms with van der Waals surface area (Å²) in [4.78, 5) is 17.8. The van der Waals surface area contributed by atoms with Crippen LogP contribution >= 0.6 is 0 Å². The zero-order valence-electron chi connectivity index (χ0n) is 17.4. The van der Waals surface area contributed by atoms with Crippen LogP contribution in [0.25, 0.3) is 11.3 Å². The predicted octanol–water partition coefficient (Wildman–Crippen LogP) is 4.16. The molecule has 156 valence electrons. The number of hydrogen-bond acceptors (Lipinski definition) is 5. The van der Waals surface area contributed by atoms with Crippen LogP contribution in [0.1, 0.15) is 29.0 Å². The van der Waals surface area contributed by atoms with E-state index in [-0.39, 0.29) is 5.91 Å². The molecule has 0 atom stereocenters. The number of carbonyl (C=O) groups is 1. The molecule has 7 heteroatoms. The molecule has 0 unspecified atom stereocenters. The standard InChI is InChI=1S/C23H25N3O4/c1-28-19-12-15(13-20(29-2)22(19)30-3)23(27)25-17-9-5-4-8-16(17)18-14-26-11-7-6-10-21(26)24-18/h4-5,8-9,12-14H,6-7,10-11H2,1-3H3,(H,25,27). The van der Waals surface area contributed by atoms with Gasteiger partial charge in [-0.25, -0.2) is 4.98 Å². The van der Waals surface area contributed by atoms with Gasteiger partial charge in [0.25, 0.3) is 5.91 Å². The molecule has 1 aliphatic rings. The van der Waals surface area contributed by atoms with Crippen molar-refractivity contribution in [2.45, 2.75) is 25.8 Å². The second kappa shape index (κ2) is 8.49. The first kappa shape index (κ1) is 19.8. The Hall–Kier alpha value is -3.48. The first-order valence-electron chi connectivity index (χ1n) is 9.91. The van der Waals surface area contributed by atoms with Gasteiger partial charge < -0.3 is 24.1 Å². The number of imidazole rings is 1. The van der Waals surface area contributed by atoms with E-state index in [2.05, 4.69) is 16.1 Å². The van der Waals surface area contributed by atoms with Gasteiger partial charge in [0.05, 0.1) is 32.7 Å². The van der Waals surface area contributed by atoms with Crippen LogP contribution in [0.15, 0.2) is 42.6 Å². The maximum absolute atomic E-state index is 13.0. The summed E-state index contributed by atoms with van der Waals surface area (Å²) in [5, 5.41) is 3.01. The smallest absolute Gasteiger partial charge is 0.255 e. The average molecular weight is 407 g/mol. The van der Waals surface area contributed by atoms with E-state index in [0.717, 1.165) is 36.5 Å². The van der Waals surface area contributed by atoms with Crippen LogP contribution < -0.4 is 19.5 Å². The zero-order valence-corrected chi connectivity index (χ0v) is 17.4. The van der Waals surface area contributed by atoms with Crippen molar-refractivity contribution in [1.29, 1.82) is 0 Å². The number of hydrogen-bond donors (Lipinski definition) is 1. The second-order valence-electron chi connectivity index (χ2n) is 7.11. The Morgan fingerprint density at radius 1 is 1.03 bits per heavy atom. The van der Waals surface area contributed by atoms with Gasteiger partial charge in [0.2, 0.25) is 5.75 Å². The number of rotatable bonds is 6. The van der Waals surface area contributed by atoms with E-state index in [1.807, 2.05) is 24.3 Å². The van der Waals surface area contributed by atoms with Crippen molar-refractivity contribution in [3.63, 3.8) is 0 Å². The van der Waals surface area contributed by atoms with Crippen LogP contribution in [0.2, 0.25) is 0 Å². The fraction of sp³-hybridized carbons (Fsp3) is 0.304. The summed E-state index contributed by atoms with van der Waals surface area (Å²) in [7, 11) is 4.57. The molecule has 0 bridgehead atoms. The Kier molecular flexibility index (Phi) is 5.61. The third-order valence-corrected chi connectivity index (χ3v) is 5.29. The lowest BCUT2D eigenvalue weighted by molar-refractivity contribution is 0.102. The number of para-hydroxylation sites is 1. The van der Waals surface area contributed by atoms with Crippen molar-refractivity contribution in [1.82, 2.24) is 9.55 Å². The number of anilines is 1. The average Bonchev–Trinajstić information content (AvgIpc) is 3.22. The Balaban J connectivity index is 1.66. The molecule has 0 saturated heterocycles. The molecule has 0 saturated carbocycles. The molecular weight excluding hydrogens is 382 g/mol. The number of amides is 1. The third kappa shape index (κ3) is 3.70. The molecule has 1 aliphatic heterocycles. The third-order valence-electron chi connectivity index (χ3n) is 5.29. The van der Waals surface area contributed by atoms with Crippen LogP contribution in [-0.2, 0) is 13.0 Å². The highest BCUT2D eigenvalue weighted by atomic mass is 16.5. The van der Waals surface area contributed by atoms with Crippen molar-refractivity contribution in [3.8, 4) is 28.5 Å². The molecule has 0 radical (unpaired) electrons. The number of aryl methyl sites for hydroxylation is 2. The number of ether oxygens (including phenoxy) is 3. The van der Waals surface area contributed by atoms with Gasteiger partial charge >= 0.3 is 0 Å². The maximum Gasteiger partial charge on any atom is 0.255 e. The first-order valence-corrected chi connectivity index (χ1v) is 9.91. The highest BCUT2D eigenvalue weighted by Gasteiger charge is 2.19. The molecule has 0 fully saturated rings. The van der Waals surface area contributed by atoms with Crippen LogP contribution in [0.5, 0.6) is 17.2 Å². The Morgan fingerprint density at radius 2 is 1.77 bits per heavy atom. The summed E-state index contributed by atoms with van der Waals surface area (Å²) in [6.07, 6.45) is 5.39. The Labute approximate surface area is 175 Å². The number of carbonyl (C=O) groups excluding carboxylic acids is 1. The number of benzene rings is 2. The SMILES string of the molecule is COc1cc(C(=O)Nc2ccccc2-c2cn3c(n2)CCCC3)cc(OC)c1OC. The molecule has 4 rings (SSSR count). The number of nitrogens with zero attached hydrogens (tertiary/aromatic N) is 2. The van der Waals surface area contributed by atoms with Gasteiger partial charge in [-0.3, -0.25) is 4.79 Å².